The van der Waals surface area contributed by atoms with Crippen LogP contribution in [0.15, 0.2) is 21.2 Å². The lowest BCUT2D eigenvalue weighted by Crippen LogP contribution is -2.61. The van der Waals surface area contributed by atoms with Gasteiger partial charge in [0.2, 0.25) is 6.29 Å². The maximum atomic E-state index is 11.9. The number of esters is 1. The van der Waals surface area contributed by atoms with E-state index in [-0.39, 0.29) is 13.2 Å². The lowest BCUT2D eigenvalue weighted by atomic mass is 9.99. The number of aliphatic hydroxyl groups is 4. The van der Waals surface area contributed by atoms with Gasteiger partial charge >= 0.3 is 5.97 Å². The average molecular weight is 627 g/mol. The van der Waals surface area contributed by atoms with Crippen LogP contribution < -0.4 is 4.74 Å². The zero-order valence-electron chi connectivity index (χ0n) is 19.0. The smallest absolute Gasteiger partial charge is 0.337 e. The topological polar surface area (TPSA) is 160 Å². The summed E-state index contributed by atoms with van der Waals surface area (Å²) in [4.78, 5) is 15.0. The molecule has 196 valence electrons. The number of halogens is 2. The van der Waals surface area contributed by atoms with E-state index in [2.05, 4.69) is 41.6 Å². The number of nitrogens with one attached hydrogen (secondary N) is 1. The third-order valence-corrected chi connectivity index (χ3v) is 7.07. The molecule has 5 atom stereocenters. The molecule has 3 rings (SSSR count). The molecule has 1 saturated heterocycles. The van der Waals surface area contributed by atoms with Gasteiger partial charge in [0.25, 0.3) is 0 Å². The van der Waals surface area contributed by atoms with Crippen LogP contribution in [0.2, 0.25) is 0 Å². The van der Waals surface area contributed by atoms with Crippen LogP contribution in [0.1, 0.15) is 12.0 Å². The first-order valence-corrected chi connectivity index (χ1v) is 12.6. The monoisotopic (exact) mass is 625 g/mol. The molecule has 13 heteroatoms. The fourth-order valence-corrected chi connectivity index (χ4v) is 5.38. The minimum Gasteiger partial charge on any atom is -0.467 e. The van der Waals surface area contributed by atoms with Gasteiger partial charge in [-0.2, -0.15) is 0 Å². The number of benzene rings is 1. The summed E-state index contributed by atoms with van der Waals surface area (Å²) >= 11 is 7.23. The Labute approximate surface area is 218 Å². The second-order valence-corrected chi connectivity index (χ2v) is 9.46. The summed E-state index contributed by atoms with van der Waals surface area (Å²) in [6.45, 7) is 1.65. The highest BCUT2D eigenvalue weighted by Crippen LogP contribution is 2.40. The van der Waals surface area contributed by atoms with Gasteiger partial charge in [-0.1, -0.05) is 15.9 Å². The molecule has 0 saturated carbocycles. The van der Waals surface area contributed by atoms with Gasteiger partial charge in [-0.3, -0.25) is 0 Å². The predicted octanol–water partition coefficient (Wildman–Crippen LogP) is 1.01. The number of hydrogen-bond donors (Lipinski definition) is 5. The Morgan fingerprint density at radius 2 is 1.80 bits per heavy atom. The molecule has 2 heterocycles. The number of aromatic nitrogens is 1. The number of fused-ring (bicyclic) bond motifs is 1. The molecule has 0 unspecified atom stereocenters. The summed E-state index contributed by atoms with van der Waals surface area (Å²) in [6.07, 6.45) is -4.92. The van der Waals surface area contributed by atoms with E-state index < -0.39 is 36.7 Å². The van der Waals surface area contributed by atoms with E-state index in [4.69, 9.17) is 24.1 Å². The van der Waals surface area contributed by atoms with Crippen molar-refractivity contribution in [2.75, 3.05) is 40.1 Å². The maximum Gasteiger partial charge on any atom is 0.337 e. The Morgan fingerprint density at radius 1 is 1.09 bits per heavy atom. The molecule has 35 heavy (non-hydrogen) atoms. The van der Waals surface area contributed by atoms with Crippen LogP contribution in [0.4, 0.5) is 0 Å². The van der Waals surface area contributed by atoms with E-state index in [0.717, 1.165) is 33.6 Å². The molecule has 1 aliphatic rings. The zero-order chi connectivity index (χ0) is 25.5. The lowest BCUT2D eigenvalue weighted by molar-refractivity contribution is -0.271. The van der Waals surface area contributed by atoms with Crippen LogP contribution in [0, 0.1) is 0 Å². The summed E-state index contributed by atoms with van der Waals surface area (Å²) < 4.78 is 28.2. The second-order valence-electron chi connectivity index (χ2n) is 7.82. The molecule has 0 spiro atoms. The minimum absolute atomic E-state index is 0.0182. The van der Waals surface area contributed by atoms with Gasteiger partial charge in [0.1, 0.15) is 24.1 Å². The summed E-state index contributed by atoms with van der Waals surface area (Å²) in [5.74, 6) is -0.584. The molecule has 11 nitrogen and oxygen atoms in total. The standard InChI is InChI=1S/C22H29Br2NO10/c1-31-21(30)20-18(28)17(27)19(29)22(35-20)34-14-10-25-13-9-12(23)11(16(24)15(13)14)3-2-5-32-7-8-33-6-4-26/h9-10,17-20,22,25-29H,2-8H2,1H3/t17-,18-,19+,20-,22+/m0/s1. The zero-order valence-corrected chi connectivity index (χ0v) is 22.2. The van der Waals surface area contributed by atoms with E-state index >= 15 is 0 Å². The van der Waals surface area contributed by atoms with E-state index in [1.165, 1.54) is 0 Å². The summed E-state index contributed by atoms with van der Waals surface area (Å²) in [5, 5.41) is 40.0. The van der Waals surface area contributed by atoms with Crippen LogP contribution in [-0.2, 0) is 30.2 Å². The van der Waals surface area contributed by atoms with Gasteiger partial charge in [-0.25, -0.2) is 4.79 Å². The van der Waals surface area contributed by atoms with Crippen LogP contribution in [0.5, 0.6) is 5.75 Å². The number of aromatic amines is 1. The molecule has 2 aromatic rings. The molecule has 1 fully saturated rings. The minimum atomic E-state index is -1.68. The SMILES string of the molecule is COC(=O)[C@H]1O[C@@H](Oc2c[nH]c3cc(Br)c(CCCOCCOCCO)c(Br)c23)[C@H](O)[C@@H](O)[C@@H]1O. The molecule has 0 aliphatic carbocycles. The molecule has 0 radical (unpaired) electrons. The maximum absolute atomic E-state index is 11.9. The Hall–Kier alpha value is -1.29. The third kappa shape index (κ3) is 6.73. The predicted molar refractivity (Wildman–Crippen MR) is 130 cm³/mol. The fraction of sp³-hybridized carbons (Fsp3) is 0.591. The van der Waals surface area contributed by atoms with Crippen LogP contribution in [0.25, 0.3) is 10.9 Å². The van der Waals surface area contributed by atoms with Crippen molar-refractivity contribution in [3.8, 4) is 5.75 Å². The van der Waals surface area contributed by atoms with Crippen molar-refractivity contribution in [1.29, 1.82) is 0 Å². The van der Waals surface area contributed by atoms with Crippen molar-refractivity contribution in [1.82, 2.24) is 4.98 Å². The van der Waals surface area contributed by atoms with Crippen molar-refractivity contribution in [2.24, 2.45) is 0 Å². The second kappa shape index (κ2) is 13.3. The van der Waals surface area contributed by atoms with Gasteiger partial charge in [0.15, 0.2) is 6.10 Å². The highest BCUT2D eigenvalue weighted by molar-refractivity contribution is 9.11. The van der Waals surface area contributed by atoms with Gasteiger partial charge in [0.05, 0.1) is 44.4 Å². The number of aliphatic hydroxyl groups excluding tert-OH is 4. The van der Waals surface area contributed by atoms with Crippen molar-refractivity contribution in [3.63, 3.8) is 0 Å². The average Bonchev–Trinajstić information content (AvgIpc) is 3.24. The first-order valence-electron chi connectivity index (χ1n) is 11.0. The third-order valence-electron chi connectivity index (χ3n) is 5.49. The normalized spacial score (nSPS) is 24.6. The van der Waals surface area contributed by atoms with Gasteiger partial charge in [-0.15, -0.1) is 0 Å². The molecule has 1 aromatic carbocycles. The summed E-state index contributed by atoms with van der Waals surface area (Å²) in [6, 6.07) is 1.89. The van der Waals surface area contributed by atoms with Crippen LogP contribution in [0.3, 0.4) is 0 Å². The van der Waals surface area contributed by atoms with Crippen molar-refractivity contribution < 1.29 is 48.9 Å². The highest BCUT2D eigenvalue weighted by Gasteiger charge is 2.48. The molecule has 1 aliphatic heterocycles. The van der Waals surface area contributed by atoms with Gasteiger partial charge < -0.3 is 49.1 Å². The summed E-state index contributed by atoms with van der Waals surface area (Å²) in [7, 11) is 1.12. The number of ether oxygens (including phenoxy) is 5. The van der Waals surface area contributed by atoms with Crippen molar-refractivity contribution >= 4 is 48.7 Å². The number of methoxy groups -OCH3 is 1. The molecular weight excluding hydrogens is 598 g/mol. The first-order chi connectivity index (χ1) is 16.8. The van der Waals surface area contributed by atoms with E-state index in [9.17, 15) is 20.1 Å². The van der Waals surface area contributed by atoms with Crippen LogP contribution in [-0.4, -0.2) is 102 Å². The van der Waals surface area contributed by atoms with Crippen molar-refractivity contribution in [2.45, 2.75) is 43.5 Å². The van der Waals surface area contributed by atoms with Gasteiger partial charge in [-0.05, 0) is 40.4 Å². The van der Waals surface area contributed by atoms with E-state index in [1.807, 2.05) is 6.07 Å². The number of carbonyl (C=O) groups is 1. The molecule has 5 N–H and O–H groups in total. The Kier molecular flexibility index (Phi) is 10.8. The Morgan fingerprint density at radius 3 is 2.49 bits per heavy atom. The Bertz CT molecular complexity index is 987. The van der Waals surface area contributed by atoms with Crippen molar-refractivity contribution in [3.05, 3.63) is 26.8 Å². The number of H-pyrrole nitrogens is 1. The lowest BCUT2D eigenvalue weighted by Gasteiger charge is -2.38. The summed E-state index contributed by atoms with van der Waals surface area (Å²) in [5.41, 5.74) is 1.70. The largest absolute Gasteiger partial charge is 0.467 e. The number of hydrogen-bond acceptors (Lipinski definition) is 10. The first kappa shape index (κ1) is 28.3. The van der Waals surface area contributed by atoms with Gasteiger partial charge in [0, 0.05) is 21.7 Å². The highest BCUT2D eigenvalue weighted by atomic mass is 79.9. The molecule has 1 aromatic heterocycles. The van der Waals surface area contributed by atoms with E-state index in [1.54, 1.807) is 6.20 Å². The number of rotatable bonds is 12. The fourth-order valence-electron chi connectivity index (χ4n) is 3.67. The van der Waals surface area contributed by atoms with E-state index in [0.29, 0.717) is 37.4 Å². The molecular formula is C22H29Br2NO10. The quantitative estimate of drug-likeness (QED) is 0.170. The number of carbonyl (C=O) groups excluding carboxylic acids is 1. The molecule has 0 bridgehead atoms. The van der Waals surface area contributed by atoms with Crippen LogP contribution >= 0.6 is 31.9 Å². The molecule has 0 amide bonds. The Balaban J connectivity index is 1.71.